The van der Waals surface area contributed by atoms with E-state index in [9.17, 15) is 0 Å². The van der Waals surface area contributed by atoms with Crippen LogP contribution in [-0.2, 0) is 0 Å². The van der Waals surface area contributed by atoms with E-state index < -0.39 is 0 Å². The summed E-state index contributed by atoms with van der Waals surface area (Å²) >= 11 is 0. The van der Waals surface area contributed by atoms with Crippen molar-refractivity contribution >= 4 is 5.82 Å². The smallest absolute Gasteiger partial charge is 0.131 e. The highest BCUT2D eigenvalue weighted by atomic mass is 14.8. The lowest BCUT2D eigenvalue weighted by atomic mass is 9.96. The van der Waals surface area contributed by atoms with Crippen molar-refractivity contribution in [2.45, 2.75) is 20.8 Å². The summed E-state index contributed by atoms with van der Waals surface area (Å²) in [6.45, 7) is 6.34. The van der Waals surface area contributed by atoms with Crippen molar-refractivity contribution in [1.29, 1.82) is 0 Å². The highest BCUT2D eigenvalue weighted by Crippen LogP contribution is 2.29. The second-order valence-electron chi connectivity index (χ2n) is 4.19. The summed E-state index contributed by atoms with van der Waals surface area (Å²) < 4.78 is 0. The fraction of sp³-hybridized carbons (Fsp3) is 0.214. The standard InChI is InChI=1S/C14H16N2/c1-9-7-11(3)13(8-10(9)2)12-5-4-6-16-14(12)15/h4-8H,1-3H3,(H2,15,16). The van der Waals surface area contributed by atoms with Crippen LogP contribution >= 0.6 is 0 Å². The van der Waals surface area contributed by atoms with Crippen molar-refractivity contribution in [3.63, 3.8) is 0 Å². The topological polar surface area (TPSA) is 38.9 Å². The second-order valence-corrected chi connectivity index (χ2v) is 4.19. The molecule has 0 saturated heterocycles. The summed E-state index contributed by atoms with van der Waals surface area (Å²) in [7, 11) is 0. The van der Waals surface area contributed by atoms with Gasteiger partial charge in [0.25, 0.3) is 0 Å². The molecular formula is C14H16N2. The zero-order valence-electron chi connectivity index (χ0n) is 9.91. The van der Waals surface area contributed by atoms with E-state index in [2.05, 4.69) is 37.9 Å². The van der Waals surface area contributed by atoms with Gasteiger partial charge in [-0.15, -0.1) is 0 Å². The Morgan fingerprint density at radius 1 is 0.938 bits per heavy atom. The molecule has 0 atom stereocenters. The lowest BCUT2D eigenvalue weighted by molar-refractivity contribution is 1.28. The van der Waals surface area contributed by atoms with Crippen LogP contribution < -0.4 is 5.73 Å². The van der Waals surface area contributed by atoms with Gasteiger partial charge in [-0.25, -0.2) is 4.98 Å². The minimum atomic E-state index is 0.592. The Morgan fingerprint density at radius 3 is 2.31 bits per heavy atom. The van der Waals surface area contributed by atoms with Crippen molar-refractivity contribution in [3.8, 4) is 11.1 Å². The van der Waals surface area contributed by atoms with Gasteiger partial charge in [-0.05, 0) is 55.2 Å². The molecule has 2 N–H and O–H groups in total. The molecule has 0 aliphatic heterocycles. The largest absolute Gasteiger partial charge is 0.383 e. The number of aryl methyl sites for hydroxylation is 3. The molecule has 0 fully saturated rings. The molecule has 0 unspecified atom stereocenters. The monoisotopic (exact) mass is 212 g/mol. The third-order valence-corrected chi connectivity index (χ3v) is 2.97. The van der Waals surface area contributed by atoms with Crippen LogP contribution in [0.2, 0.25) is 0 Å². The Morgan fingerprint density at radius 2 is 1.62 bits per heavy atom. The Hall–Kier alpha value is -1.83. The molecule has 2 aromatic rings. The third-order valence-electron chi connectivity index (χ3n) is 2.97. The van der Waals surface area contributed by atoms with Gasteiger partial charge in [-0.1, -0.05) is 12.1 Å². The number of anilines is 1. The van der Waals surface area contributed by atoms with E-state index in [0.29, 0.717) is 5.82 Å². The van der Waals surface area contributed by atoms with Crippen molar-refractivity contribution in [2.75, 3.05) is 5.73 Å². The number of nitrogens with two attached hydrogens (primary N) is 1. The average molecular weight is 212 g/mol. The molecule has 1 aromatic heterocycles. The summed E-state index contributed by atoms with van der Waals surface area (Å²) in [6, 6.07) is 8.30. The van der Waals surface area contributed by atoms with E-state index >= 15 is 0 Å². The van der Waals surface area contributed by atoms with Gasteiger partial charge in [-0.2, -0.15) is 0 Å². The maximum absolute atomic E-state index is 5.90. The number of pyridine rings is 1. The van der Waals surface area contributed by atoms with E-state index in [0.717, 1.165) is 5.56 Å². The molecule has 0 radical (unpaired) electrons. The summed E-state index contributed by atoms with van der Waals surface area (Å²) in [5, 5.41) is 0. The SMILES string of the molecule is Cc1cc(C)c(-c2cccnc2N)cc1C. The maximum atomic E-state index is 5.90. The quantitative estimate of drug-likeness (QED) is 0.788. The van der Waals surface area contributed by atoms with Crippen LogP contribution in [-0.4, -0.2) is 4.98 Å². The Labute approximate surface area is 96.1 Å². The van der Waals surface area contributed by atoms with Crippen LogP contribution in [0.4, 0.5) is 5.82 Å². The van der Waals surface area contributed by atoms with E-state index in [-0.39, 0.29) is 0 Å². The van der Waals surface area contributed by atoms with E-state index in [1.165, 1.54) is 22.3 Å². The first kappa shape index (κ1) is 10.7. The first-order chi connectivity index (χ1) is 7.59. The molecule has 82 valence electrons. The van der Waals surface area contributed by atoms with Crippen LogP contribution in [0, 0.1) is 20.8 Å². The number of benzene rings is 1. The number of hydrogen-bond donors (Lipinski definition) is 1. The molecule has 2 heteroatoms. The van der Waals surface area contributed by atoms with Gasteiger partial charge in [-0.3, -0.25) is 0 Å². The van der Waals surface area contributed by atoms with E-state index in [1.54, 1.807) is 6.20 Å². The first-order valence-electron chi connectivity index (χ1n) is 5.38. The maximum Gasteiger partial charge on any atom is 0.131 e. The molecule has 0 aliphatic carbocycles. The van der Waals surface area contributed by atoms with Crippen molar-refractivity contribution in [2.24, 2.45) is 0 Å². The fourth-order valence-corrected chi connectivity index (χ4v) is 1.90. The van der Waals surface area contributed by atoms with Crippen LogP contribution in [0.15, 0.2) is 30.5 Å². The van der Waals surface area contributed by atoms with Crippen LogP contribution in [0.1, 0.15) is 16.7 Å². The molecular weight excluding hydrogens is 196 g/mol. The molecule has 0 aliphatic rings. The van der Waals surface area contributed by atoms with Gasteiger partial charge < -0.3 is 5.73 Å². The van der Waals surface area contributed by atoms with Crippen molar-refractivity contribution in [1.82, 2.24) is 4.98 Å². The van der Waals surface area contributed by atoms with E-state index in [4.69, 9.17) is 5.73 Å². The molecule has 1 heterocycles. The molecule has 0 amide bonds. The highest BCUT2D eigenvalue weighted by Gasteiger charge is 2.07. The van der Waals surface area contributed by atoms with Gasteiger partial charge in [0.1, 0.15) is 5.82 Å². The average Bonchev–Trinajstić information content (AvgIpc) is 2.25. The zero-order valence-corrected chi connectivity index (χ0v) is 9.91. The number of nitrogens with zero attached hydrogens (tertiary/aromatic N) is 1. The van der Waals surface area contributed by atoms with Crippen molar-refractivity contribution in [3.05, 3.63) is 47.2 Å². The molecule has 2 nitrogen and oxygen atoms in total. The summed E-state index contributed by atoms with van der Waals surface area (Å²) in [5.74, 6) is 0.592. The Balaban J connectivity index is 2.65. The number of rotatable bonds is 1. The normalized spacial score (nSPS) is 10.4. The van der Waals surface area contributed by atoms with Crippen LogP contribution in [0.3, 0.4) is 0 Å². The predicted molar refractivity (Wildman–Crippen MR) is 68.3 cm³/mol. The molecule has 0 bridgehead atoms. The number of aromatic nitrogens is 1. The van der Waals surface area contributed by atoms with Gasteiger partial charge in [0.05, 0.1) is 0 Å². The zero-order chi connectivity index (χ0) is 11.7. The van der Waals surface area contributed by atoms with Gasteiger partial charge >= 0.3 is 0 Å². The van der Waals surface area contributed by atoms with Crippen molar-refractivity contribution < 1.29 is 0 Å². The summed E-state index contributed by atoms with van der Waals surface area (Å²) in [5.41, 5.74) is 11.9. The fourth-order valence-electron chi connectivity index (χ4n) is 1.90. The van der Waals surface area contributed by atoms with Crippen LogP contribution in [0.25, 0.3) is 11.1 Å². The predicted octanol–water partition coefficient (Wildman–Crippen LogP) is 3.26. The Kier molecular flexibility index (Phi) is 2.65. The lowest BCUT2D eigenvalue weighted by Crippen LogP contribution is -1.95. The summed E-state index contributed by atoms with van der Waals surface area (Å²) in [6.07, 6.45) is 1.72. The highest BCUT2D eigenvalue weighted by molar-refractivity contribution is 5.76. The van der Waals surface area contributed by atoms with E-state index in [1.807, 2.05) is 12.1 Å². The lowest BCUT2D eigenvalue weighted by Gasteiger charge is -2.11. The first-order valence-corrected chi connectivity index (χ1v) is 5.38. The van der Waals surface area contributed by atoms with Gasteiger partial charge in [0.2, 0.25) is 0 Å². The number of nitrogen functional groups attached to an aromatic ring is 1. The molecule has 16 heavy (non-hydrogen) atoms. The molecule has 0 spiro atoms. The molecule has 1 aromatic carbocycles. The van der Waals surface area contributed by atoms with Gasteiger partial charge in [0, 0.05) is 11.8 Å². The van der Waals surface area contributed by atoms with Gasteiger partial charge in [0.15, 0.2) is 0 Å². The minimum Gasteiger partial charge on any atom is -0.383 e. The molecule has 2 rings (SSSR count). The Bertz CT molecular complexity index is 530. The third kappa shape index (κ3) is 1.78. The molecule has 0 saturated carbocycles. The van der Waals surface area contributed by atoms with Crippen LogP contribution in [0.5, 0.6) is 0 Å². The minimum absolute atomic E-state index is 0.592. The second kappa shape index (κ2) is 3.97. The number of hydrogen-bond acceptors (Lipinski definition) is 2. The summed E-state index contributed by atoms with van der Waals surface area (Å²) in [4.78, 5) is 4.13.